The molecular weight excluding hydrogens is 462 g/mol. The van der Waals surface area contributed by atoms with E-state index in [0.29, 0.717) is 27.7 Å². The fourth-order valence-corrected chi connectivity index (χ4v) is 3.59. The Morgan fingerprint density at radius 2 is 1.63 bits per heavy atom. The SMILES string of the molecule is Cc1ccc(NC(=O)/C(C#N)=C/c2cc(Cl)ccc2OCC(=O)Nc2cc(C)ccc2C)c(C)c1. The van der Waals surface area contributed by atoms with Gasteiger partial charge in [-0.3, -0.25) is 9.59 Å². The van der Waals surface area contributed by atoms with Crippen LogP contribution in [0.3, 0.4) is 0 Å². The lowest BCUT2D eigenvalue weighted by atomic mass is 10.1. The molecule has 0 heterocycles. The normalized spacial score (nSPS) is 10.9. The molecular formula is C28H26ClN3O3. The van der Waals surface area contributed by atoms with Gasteiger partial charge in [-0.2, -0.15) is 5.26 Å². The first kappa shape index (κ1) is 25.5. The molecule has 3 rings (SSSR count). The number of aryl methyl sites for hydroxylation is 4. The Morgan fingerprint density at radius 1 is 0.914 bits per heavy atom. The highest BCUT2D eigenvalue weighted by Crippen LogP contribution is 2.26. The minimum Gasteiger partial charge on any atom is -0.483 e. The van der Waals surface area contributed by atoms with Gasteiger partial charge >= 0.3 is 0 Å². The van der Waals surface area contributed by atoms with Crippen LogP contribution in [-0.2, 0) is 9.59 Å². The highest BCUT2D eigenvalue weighted by atomic mass is 35.5. The quantitative estimate of drug-likeness (QED) is 0.309. The fraction of sp³-hybridized carbons (Fsp3) is 0.179. The largest absolute Gasteiger partial charge is 0.483 e. The number of anilines is 2. The third kappa shape index (κ3) is 6.95. The van der Waals surface area contributed by atoms with E-state index >= 15 is 0 Å². The van der Waals surface area contributed by atoms with Crippen molar-refractivity contribution in [2.24, 2.45) is 0 Å². The molecule has 0 aliphatic carbocycles. The van der Waals surface area contributed by atoms with Crippen molar-refractivity contribution in [3.8, 4) is 11.8 Å². The molecule has 0 aromatic heterocycles. The maximum absolute atomic E-state index is 12.8. The van der Waals surface area contributed by atoms with E-state index in [4.69, 9.17) is 16.3 Å². The molecule has 7 heteroatoms. The number of nitrogens with zero attached hydrogens (tertiary/aromatic N) is 1. The Balaban J connectivity index is 1.77. The van der Waals surface area contributed by atoms with Gasteiger partial charge in [-0.15, -0.1) is 0 Å². The minimum atomic E-state index is -0.557. The van der Waals surface area contributed by atoms with Crippen LogP contribution in [0.1, 0.15) is 27.8 Å². The summed E-state index contributed by atoms with van der Waals surface area (Å²) in [6.07, 6.45) is 1.39. The highest BCUT2D eigenvalue weighted by Gasteiger charge is 2.14. The van der Waals surface area contributed by atoms with Gasteiger partial charge in [0.25, 0.3) is 11.8 Å². The molecule has 6 nitrogen and oxygen atoms in total. The van der Waals surface area contributed by atoms with Crippen molar-refractivity contribution in [2.75, 3.05) is 17.2 Å². The molecule has 0 aliphatic heterocycles. The van der Waals surface area contributed by atoms with Crippen molar-refractivity contribution >= 4 is 40.9 Å². The maximum atomic E-state index is 12.8. The van der Waals surface area contributed by atoms with Gasteiger partial charge in [-0.1, -0.05) is 41.4 Å². The predicted octanol–water partition coefficient (Wildman–Crippen LogP) is 6.14. The third-order valence-electron chi connectivity index (χ3n) is 5.29. The molecule has 0 unspecified atom stereocenters. The van der Waals surface area contributed by atoms with Gasteiger partial charge in [0, 0.05) is 22.0 Å². The zero-order valence-corrected chi connectivity index (χ0v) is 20.8. The molecule has 0 spiro atoms. The van der Waals surface area contributed by atoms with Crippen molar-refractivity contribution in [1.29, 1.82) is 5.26 Å². The summed E-state index contributed by atoms with van der Waals surface area (Å²) in [4.78, 5) is 25.2. The van der Waals surface area contributed by atoms with Gasteiger partial charge in [-0.05, 0) is 80.8 Å². The molecule has 0 aliphatic rings. The average Bonchev–Trinajstić information content (AvgIpc) is 2.81. The van der Waals surface area contributed by atoms with Crippen LogP contribution < -0.4 is 15.4 Å². The number of nitriles is 1. The lowest BCUT2D eigenvalue weighted by Gasteiger charge is -2.12. The van der Waals surface area contributed by atoms with Crippen molar-refractivity contribution in [2.45, 2.75) is 27.7 Å². The molecule has 3 aromatic rings. The molecule has 0 saturated carbocycles. The first-order valence-electron chi connectivity index (χ1n) is 11.0. The number of carbonyl (C=O) groups is 2. The van der Waals surface area contributed by atoms with E-state index in [9.17, 15) is 14.9 Å². The van der Waals surface area contributed by atoms with Gasteiger partial charge in [0.05, 0.1) is 0 Å². The maximum Gasteiger partial charge on any atom is 0.266 e. The summed E-state index contributed by atoms with van der Waals surface area (Å²) < 4.78 is 5.72. The van der Waals surface area contributed by atoms with E-state index in [1.165, 1.54) is 6.08 Å². The number of hydrogen-bond acceptors (Lipinski definition) is 4. The Kier molecular flexibility index (Phi) is 8.30. The van der Waals surface area contributed by atoms with E-state index < -0.39 is 5.91 Å². The standard InChI is InChI=1S/C28H26ClN3O3/c1-17-6-9-24(20(4)11-17)32-28(34)22(15-30)13-21-14-23(29)8-10-26(21)35-16-27(33)31-25-12-18(2)5-7-19(25)3/h5-14H,16H2,1-4H3,(H,31,33)(H,32,34)/b22-13+. The van der Waals surface area contributed by atoms with Crippen molar-refractivity contribution in [1.82, 2.24) is 0 Å². The van der Waals surface area contributed by atoms with Gasteiger partial charge in [0.15, 0.2) is 6.61 Å². The molecule has 35 heavy (non-hydrogen) atoms. The van der Waals surface area contributed by atoms with Gasteiger partial charge in [0.1, 0.15) is 17.4 Å². The summed E-state index contributed by atoms with van der Waals surface area (Å²) >= 11 is 6.14. The highest BCUT2D eigenvalue weighted by molar-refractivity contribution is 6.30. The van der Waals surface area contributed by atoms with Crippen LogP contribution in [0.25, 0.3) is 6.08 Å². The van der Waals surface area contributed by atoms with Gasteiger partial charge < -0.3 is 15.4 Å². The van der Waals surface area contributed by atoms with E-state index in [1.807, 2.05) is 64.1 Å². The number of ether oxygens (including phenoxy) is 1. The Bertz CT molecular complexity index is 1360. The van der Waals surface area contributed by atoms with E-state index in [-0.39, 0.29) is 18.1 Å². The van der Waals surface area contributed by atoms with Crippen LogP contribution in [-0.4, -0.2) is 18.4 Å². The summed E-state index contributed by atoms with van der Waals surface area (Å²) in [5, 5.41) is 15.6. The summed E-state index contributed by atoms with van der Waals surface area (Å²) in [5.74, 6) is -0.577. The summed E-state index contributed by atoms with van der Waals surface area (Å²) in [7, 11) is 0. The summed E-state index contributed by atoms with van der Waals surface area (Å²) in [5.41, 5.74) is 5.53. The van der Waals surface area contributed by atoms with Crippen LogP contribution >= 0.6 is 11.6 Å². The smallest absolute Gasteiger partial charge is 0.266 e. The van der Waals surface area contributed by atoms with Crippen LogP contribution in [0.15, 0.2) is 60.2 Å². The summed E-state index contributed by atoms with van der Waals surface area (Å²) in [6.45, 7) is 7.44. The molecule has 2 N–H and O–H groups in total. The third-order valence-corrected chi connectivity index (χ3v) is 5.53. The zero-order valence-electron chi connectivity index (χ0n) is 20.0. The molecule has 0 bridgehead atoms. The Morgan fingerprint density at radius 3 is 2.34 bits per heavy atom. The lowest BCUT2D eigenvalue weighted by Crippen LogP contribution is -2.21. The zero-order chi connectivity index (χ0) is 25.5. The van der Waals surface area contributed by atoms with Crippen LogP contribution in [0.5, 0.6) is 5.75 Å². The lowest BCUT2D eigenvalue weighted by molar-refractivity contribution is -0.118. The number of rotatable bonds is 7. The first-order chi connectivity index (χ1) is 16.7. The van der Waals surface area contributed by atoms with Crippen molar-refractivity contribution < 1.29 is 14.3 Å². The number of carbonyl (C=O) groups excluding carboxylic acids is 2. The molecule has 0 saturated heterocycles. The van der Waals surface area contributed by atoms with E-state index in [0.717, 1.165) is 22.3 Å². The Hall–Kier alpha value is -4.08. The molecule has 0 fully saturated rings. The number of benzene rings is 3. The summed E-state index contributed by atoms with van der Waals surface area (Å²) in [6, 6.07) is 18.1. The molecule has 2 amide bonds. The van der Waals surface area contributed by atoms with Crippen LogP contribution in [0.4, 0.5) is 11.4 Å². The second-order valence-electron chi connectivity index (χ2n) is 8.28. The van der Waals surface area contributed by atoms with Crippen LogP contribution in [0, 0.1) is 39.0 Å². The first-order valence-corrected chi connectivity index (χ1v) is 11.3. The van der Waals surface area contributed by atoms with E-state index in [1.54, 1.807) is 24.3 Å². The minimum absolute atomic E-state index is 0.128. The molecule has 3 aromatic carbocycles. The average molecular weight is 488 g/mol. The van der Waals surface area contributed by atoms with Gasteiger partial charge in [0.2, 0.25) is 0 Å². The number of halogens is 1. The fourth-order valence-electron chi connectivity index (χ4n) is 3.41. The van der Waals surface area contributed by atoms with Gasteiger partial charge in [-0.25, -0.2) is 0 Å². The molecule has 0 radical (unpaired) electrons. The predicted molar refractivity (Wildman–Crippen MR) is 140 cm³/mol. The second kappa shape index (κ2) is 11.4. The molecule has 178 valence electrons. The molecule has 0 atom stereocenters. The van der Waals surface area contributed by atoms with Crippen LogP contribution in [0.2, 0.25) is 5.02 Å². The number of nitrogens with one attached hydrogen (secondary N) is 2. The number of amides is 2. The van der Waals surface area contributed by atoms with Crippen molar-refractivity contribution in [3.63, 3.8) is 0 Å². The topological polar surface area (TPSA) is 91.2 Å². The van der Waals surface area contributed by atoms with Crippen molar-refractivity contribution in [3.05, 3.63) is 93.0 Å². The number of hydrogen-bond donors (Lipinski definition) is 2. The monoisotopic (exact) mass is 487 g/mol. The van der Waals surface area contributed by atoms with E-state index in [2.05, 4.69) is 10.6 Å². The Labute approximate surface area is 210 Å². The second-order valence-corrected chi connectivity index (χ2v) is 8.72.